The number of aryl methyl sites for hydroxylation is 2. The van der Waals surface area contributed by atoms with Crippen LogP contribution in [0.4, 0.5) is 5.69 Å². The number of hydrogen-bond acceptors (Lipinski definition) is 3. The Kier molecular flexibility index (Phi) is 3.84. The lowest BCUT2D eigenvalue weighted by Gasteiger charge is -2.04. The second kappa shape index (κ2) is 5.57. The van der Waals surface area contributed by atoms with Crippen molar-refractivity contribution in [2.75, 3.05) is 0 Å². The molecule has 0 saturated carbocycles. The molecule has 0 unspecified atom stereocenters. The van der Waals surface area contributed by atoms with Crippen LogP contribution in [0, 0.1) is 13.8 Å². The largest absolute Gasteiger partial charge is 0.507 e. The van der Waals surface area contributed by atoms with Crippen LogP contribution in [0.3, 0.4) is 0 Å². The molecule has 0 aliphatic carbocycles. The molecule has 2 N–H and O–H groups in total. The first kappa shape index (κ1) is 13.8. The van der Waals surface area contributed by atoms with Gasteiger partial charge >= 0.3 is 5.97 Å². The highest BCUT2D eigenvalue weighted by Gasteiger charge is 2.02. The number of carboxylic acid groups (broad SMARTS) is 1. The molecule has 0 aromatic heterocycles. The molecule has 2 aromatic carbocycles. The number of benzene rings is 2. The fraction of sp³-hybridized carbons (Fsp3) is 0.125. The first-order valence-corrected chi connectivity index (χ1v) is 6.15. The standard InChI is InChI=1S/C16H15NO3/c1-10-7-12(8-11(2)15(10)18)9-17-14-5-3-13(4-6-14)16(19)20/h3-9,18H,1-2H3,(H,19,20). The number of rotatable bonds is 3. The normalized spacial score (nSPS) is 10.9. The maximum absolute atomic E-state index is 10.7. The Hall–Kier alpha value is -2.62. The lowest BCUT2D eigenvalue weighted by atomic mass is 10.1. The van der Waals surface area contributed by atoms with Gasteiger partial charge in [-0.15, -0.1) is 0 Å². The maximum atomic E-state index is 10.7. The average molecular weight is 269 g/mol. The first-order valence-electron chi connectivity index (χ1n) is 6.15. The number of phenolic OH excluding ortho intramolecular Hbond substituents is 1. The van der Waals surface area contributed by atoms with Crippen LogP contribution in [0.1, 0.15) is 27.0 Å². The molecule has 0 heterocycles. The van der Waals surface area contributed by atoms with Crippen molar-refractivity contribution < 1.29 is 15.0 Å². The van der Waals surface area contributed by atoms with Gasteiger partial charge in [0.05, 0.1) is 11.3 Å². The van der Waals surface area contributed by atoms with E-state index < -0.39 is 5.97 Å². The Morgan fingerprint density at radius 3 is 2.15 bits per heavy atom. The van der Waals surface area contributed by atoms with E-state index in [0.717, 1.165) is 16.7 Å². The quantitative estimate of drug-likeness (QED) is 0.838. The minimum Gasteiger partial charge on any atom is -0.507 e. The molecule has 0 amide bonds. The van der Waals surface area contributed by atoms with Gasteiger partial charge < -0.3 is 10.2 Å². The predicted molar refractivity (Wildman–Crippen MR) is 78.2 cm³/mol. The Balaban J connectivity index is 2.23. The van der Waals surface area contributed by atoms with Crippen molar-refractivity contribution in [3.63, 3.8) is 0 Å². The molecule has 0 atom stereocenters. The van der Waals surface area contributed by atoms with E-state index in [2.05, 4.69) is 4.99 Å². The fourth-order valence-electron chi connectivity index (χ4n) is 1.90. The third-order valence-electron chi connectivity index (χ3n) is 2.99. The number of aromatic carboxylic acids is 1. The summed E-state index contributed by atoms with van der Waals surface area (Å²) in [6.45, 7) is 3.67. The summed E-state index contributed by atoms with van der Waals surface area (Å²) in [5, 5.41) is 18.5. The molecule has 2 rings (SSSR count). The molecule has 0 bridgehead atoms. The monoisotopic (exact) mass is 269 g/mol. The summed E-state index contributed by atoms with van der Waals surface area (Å²) >= 11 is 0. The van der Waals surface area contributed by atoms with E-state index in [1.807, 2.05) is 26.0 Å². The molecule has 0 fully saturated rings. The van der Waals surface area contributed by atoms with Crippen molar-refractivity contribution in [1.29, 1.82) is 0 Å². The van der Waals surface area contributed by atoms with E-state index in [1.54, 1.807) is 18.3 Å². The van der Waals surface area contributed by atoms with Gasteiger partial charge in [0.1, 0.15) is 5.75 Å². The van der Waals surface area contributed by atoms with Crippen LogP contribution in [0.2, 0.25) is 0 Å². The average Bonchev–Trinajstić information content (AvgIpc) is 2.42. The Labute approximate surface area is 117 Å². The van der Waals surface area contributed by atoms with Crippen molar-refractivity contribution in [3.8, 4) is 5.75 Å². The first-order chi connectivity index (χ1) is 9.47. The SMILES string of the molecule is Cc1cc(C=Nc2ccc(C(=O)O)cc2)cc(C)c1O. The van der Waals surface area contributed by atoms with E-state index in [0.29, 0.717) is 11.4 Å². The van der Waals surface area contributed by atoms with Gasteiger partial charge in [-0.25, -0.2) is 4.79 Å². The van der Waals surface area contributed by atoms with Crippen LogP contribution in [0.25, 0.3) is 0 Å². The van der Waals surface area contributed by atoms with Crippen LogP contribution in [0.15, 0.2) is 41.4 Å². The second-order valence-electron chi connectivity index (χ2n) is 4.61. The van der Waals surface area contributed by atoms with Gasteiger partial charge in [-0.2, -0.15) is 0 Å². The van der Waals surface area contributed by atoms with Crippen molar-refractivity contribution in [2.45, 2.75) is 13.8 Å². The molecule has 0 radical (unpaired) electrons. The molecule has 4 nitrogen and oxygen atoms in total. The Morgan fingerprint density at radius 1 is 1.10 bits per heavy atom. The highest BCUT2D eigenvalue weighted by molar-refractivity contribution is 5.88. The maximum Gasteiger partial charge on any atom is 0.335 e. The molecular formula is C16H15NO3. The number of carbonyl (C=O) groups is 1. The molecule has 0 aliphatic rings. The summed E-state index contributed by atoms with van der Waals surface area (Å²) in [5.74, 6) is -0.654. The molecule has 0 saturated heterocycles. The van der Waals surface area contributed by atoms with Gasteiger partial charge in [0, 0.05) is 6.21 Å². The topological polar surface area (TPSA) is 69.9 Å². The Bertz CT molecular complexity index is 650. The summed E-state index contributed by atoms with van der Waals surface area (Å²) in [6.07, 6.45) is 1.69. The molecule has 20 heavy (non-hydrogen) atoms. The van der Waals surface area contributed by atoms with Crippen LogP contribution < -0.4 is 0 Å². The third kappa shape index (κ3) is 3.03. The zero-order chi connectivity index (χ0) is 14.7. The lowest BCUT2D eigenvalue weighted by molar-refractivity contribution is 0.0697. The van der Waals surface area contributed by atoms with Gasteiger partial charge in [0.2, 0.25) is 0 Å². The zero-order valence-electron chi connectivity index (χ0n) is 11.3. The van der Waals surface area contributed by atoms with Crippen LogP contribution in [0.5, 0.6) is 5.75 Å². The highest BCUT2D eigenvalue weighted by atomic mass is 16.4. The van der Waals surface area contributed by atoms with Crippen molar-refractivity contribution >= 4 is 17.9 Å². The zero-order valence-corrected chi connectivity index (χ0v) is 11.3. The molecule has 102 valence electrons. The smallest absolute Gasteiger partial charge is 0.335 e. The second-order valence-corrected chi connectivity index (χ2v) is 4.61. The predicted octanol–water partition coefficient (Wildman–Crippen LogP) is 3.46. The summed E-state index contributed by atoms with van der Waals surface area (Å²) in [6, 6.07) is 10.0. The molecule has 0 aliphatic heterocycles. The van der Waals surface area contributed by atoms with E-state index in [4.69, 9.17) is 5.11 Å². The van der Waals surface area contributed by atoms with Crippen molar-refractivity contribution in [3.05, 3.63) is 58.7 Å². The van der Waals surface area contributed by atoms with Crippen LogP contribution in [-0.4, -0.2) is 22.4 Å². The van der Waals surface area contributed by atoms with Crippen LogP contribution >= 0.6 is 0 Å². The lowest BCUT2D eigenvalue weighted by Crippen LogP contribution is -1.94. The number of hydrogen-bond donors (Lipinski definition) is 2. The van der Waals surface area contributed by atoms with Gasteiger partial charge in [-0.05, 0) is 66.9 Å². The van der Waals surface area contributed by atoms with Gasteiger partial charge in [0.15, 0.2) is 0 Å². The van der Waals surface area contributed by atoms with Gasteiger partial charge in [0.25, 0.3) is 0 Å². The summed E-state index contributed by atoms with van der Waals surface area (Å²) in [5.41, 5.74) is 3.40. The van der Waals surface area contributed by atoms with Gasteiger partial charge in [-0.1, -0.05) is 0 Å². The number of phenols is 1. The minimum absolute atomic E-state index is 0.236. The van der Waals surface area contributed by atoms with Crippen molar-refractivity contribution in [2.24, 2.45) is 4.99 Å². The van der Waals surface area contributed by atoms with Crippen LogP contribution in [-0.2, 0) is 0 Å². The van der Waals surface area contributed by atoms with Crippen molar-refractivity contribution in [1.82, 2.24) is 0 Å². The molecule has 0 spiro atoms. The third-order valence-corrected chi connectivity index (χ3v) is 2.99. The van der Waals surface area contributed by atoms with Gasteiger partial charge in [-0.3, -0.25) is 4.99 Å². The molecular weight excluding hydrogens is 254 g/mol. The summed E-state index contributed by atoms with van der Waals surface area (Å²) in [4.78, 5) is 15.0. The molecule has 2 aromatic rings. The van der Waals surface area contributed by atoms with E-state index in [9.17, 15) is 9.90 Å². The number of nitrogens with zero attached hydrogens (tertiary/aromatic N) is 1. The number of aliphatic imine (C=N–C) groups is 1. The summed E-state index contributed by atoms with van der Waals surface area (Å²) < 4.78 is 0. The summed E-state index contributed by atoms with van der Waals surface area (Å²) in [7, 11) is 0. The van der Waals surface area contributed by atoms with E-state index in [1.165, 1.54) is 12.1 Å². The minimum atomic E-state index is -0.953. The number of aromatic hydroxyl groups is 1. The fourth-order valence-corrected chi connectivity index (χ4v) is 1.90. The van der Waals surface area contributed by atoms with E-state index >= 15 is 0 Å². The number of carboxylic acids is 1. The Morgan fingerprint density at radius 2 is 1.65 bits per heavy atom. The van der Waals surface area contributed by atoms with E-state index in [-0.39, 0.29) is 5.56 Å². The highest BCUT2D eigenvalue weighted by Crippen LogP contribution is 2.22. The molecule has 4 heteroatoms.